The molecule has 1 aliphatic heterocycles. The molecule has 0 spiro atoms. The van der Waals surface area contributed by atoms with Gasteiger partial charge in [0.05, 0.1) is 5.41 Å². The molecule has 1 amide bonds. The van der Waals surface area contributed by atoms with Crippen molar-refractivity contribution in [3.05, 3.63) is 35.9 Å². The lowest BCUT2D eigenvalue weighted by molar-refractivity contribution is -0.203. The molecule has 2 nitrogen and oxygen atoms in total. The van der Waals surface area contributed by atoms with E-state index in [9.17, 15) is 26.7 Å². The van der Waals surface area contributed by atoms with Crippen molar-refractivity contribution in [3.8, 4) is 0 Å². The largest absolute Gasteiger partial charge is 0.398 e. The van der Waals surface area contributed by atoms with Crippen molar-refractivity contribution in [1.29, 1.82) is 0 Å². The van der Waals surface area contributed by atoms with Gasteiger partial charge in [0.2, 0.25) is 12.3 Å². The van der Waals surface area contributed by atoms with Crippen LogP contribution < -0.4 is 0 Å². The van der Waals surface area contributed by atoms with E-state index in [4.69, 9.17) is 0 Å². The van der Waals surface area contributed by atoms with E-state index in [1.54, 1.807) is 25.1 Å². The molecule has 0 saturated carbocycles. The molecule has 0 N–H and O–H groups in total. The molecular weight excluding hydrogens is 341 g/mol. The summed E-state index contributed by atoms with van der Waals surface area (Å²) in [6.07, 6.45) is -7.70. The first kappa shape index (κ1) is 19.7. The molecule has 1 fully saturated rings. The highest BCUT2D eigenvalue weighted by Gasteiger charge is 2.56. The Morgan fingerprint density at radius 3 is 2.16 bits per heavy atom. The van der Waals surface area contributed by atoms with Crippen molar-refractivity contribution in [1.82, 2.24) is 4.90 Å². The summed E-state index contributed by atoms with van der Waals surface area (Å²) < 4.78 is 67.0. The second-order valence-corrected chi connectivity index (χ2v) is 6.53. The topological polar surface area (TPSA) is 20.3 Å². The molecule has 1 unspecified atom stereocenters. The molecule has 1 aromatic rings. The number of carbonyl (C=O) groups is 1. The van der Waals surface area contributed by atoms with Crippen molar-refractivity contribution in [3.63, 3.8) is 0 Å². The molecule has 0 radical (unpaired) electrons. The van der Waals surface area contributed by atoms with Crippen LogP contribution in [0.15, 0.2) is 30.3 Å². The lowest BCUT2D eigenvalue weighted by Gasteiger charge is -2.43. The predicted molar refractivity (Wildman–Crippen MR) is 84.4 cm³/mol. The smallest absolute Gasteiger partial charge is 0.343 e. The molecule has 1 heterocycles. The van der Waals surface area contributed by atoms with Gasteiger partial charge in [0, 0.05) is 25.4 Å². The Morgan fingerprint density at radius 2 is 1.72 bits per heavy atom. The minimum Gasteiger partial charge on any atom is -0.343 e. The highest BCUT2D eigenvalue weighted by Crippen LogP contribution is 2.48. The fourth-order valence-electron chi connectivity index (χ4n) is 3.40. The number of carbonyl (C=O) groups excluding carboxylic acids is 1. The monoisotopic (exact) mass is 363 g/mol. The van der Waals surface area contributed by atoms with Crippen LogP contribution in [0.1, 0.15) is 38.2 Å². The number of nitrogens with zero attached hydrogens (tertiary/aromatic N) is 1. The van der Waals surface area contributed by atoms with Gasteiger partial charge in [-0.1, -0.05) is 37.3 Å². The first-order chi connectivity index (χ1) is 11.7. The SMILES string of the molecule is CCC(CC(=O)N1CCC(c2ccccc2)(C(F)(F)F)CC1)C(F)F. The van der Waals surface area contributed by atoms with Crippen LogP contribution in [0.5, 0.6) is 0 Å². The molecule has 0 bridgehead atoms. The average Bonchev–Trinajstić information content (AvgIpc) is 2.59. The maximum Gasteiger partial charge on any atom is 0.398 e. The van der Waals surface area contributed by atoms with Crippen LogP contribution in [0.25, 0.3) is 0 Å². The molecule has 1 atom stereocenters. The summed E-state index contributed by atoms with van der Waals surface area (Å²) in [6, 6.07) is 7.69. The fraction of sp³-hybridized carbons (Fsp3) is 0.611. The molecule has 1 aromatic carbocycles. The number of rotatable bonds is 5. The summed E-state index contributed by atoms with van der Waals surface area (Å²) >= 11 is 0. The number of hydrogen-bond acceptors (Lipinski definition) is 1. The van der Waals surface area contributed by atoms with E-state index in [2.05, 4.69) is 0 Å². The van der Waals surface area contributed by atoms with Gasteiger partial charge in [-0.25, -0.2) is 8.78 Å². The number of benzene rings is 1. The van der Waals surface area contributed by atoms with Crippen molar-refractivity contribution >= 4 is 5.91 Å². The summed E-state index contributed by atoms with van der Waals surface area (Å²) in [6.45, 7) is 1.42. The summed E-state index contributed by atoms with van der Waals surface area (Å²) in [5.74, 6) is -1.54. The standard InChI is InChI=1S/C18H22F5NO/c1-2-13(16(19)20)12-15(25)24-10-8-17(9-11-24,18(21,22)23)14-6-4-3-5-7-14/h3-7,13,16H,2,8-12H2,1H3. The maximum absolute atomic E-state index is 13.8. The van der Waals surface area contributed by atoms with Gasteiger partial charge in [-0.05, 0) is 24.8 Å². The quantitative estimate of drug-likeness (QED) is 0.689. The Hall–Kier alpha value is -1.66. The molecule has 2 rings (SSSR count). The molecule has 1 saturated heterocycles. The number of piperidine rings is 1. The molecule has 1 aliphatic rings. The first-order valence-electron chi connectivity index (χ1n) is 8.39. The van der Waals surface area contributed by atoms with E-state index < -0.39 is 29.8 Å². The zero-order chi connectivity index (χ0) is 18.7. The molecule has 7 heteroatoms. The van der Waals surface area contributed by atoms with Crippen LogP contribution in [0.2, 0.25) is 0 Å². The van der Waals surface area contributed by atoms with Gasteiger partial charge in [0.15, 0.2) is 0 Å². The van der Waals surface area contributed by atoms with E-state index in [1.165, 1.54) is 17.0 Å². The fourth-order valence-corrected chi connectivity index (χ4v) is 3.40. The lowest BCUT2D eigenvalue weighted by atomic mass is 9.72. The molecule has 0 aliphatic carbocycles. The number of alkyl halides is 5. The van der Waals surface area contributed by atoms with Gasteiger partial charge in [-0.2, -0.15) is 13.2 Å². The molecule has 140 valence electrons. The summed E-state index contributed by atoms with van der Waals surface area (Å²) in [5, 5.41) is 0. The Bertz CT molecular complexity index is 565. The maximum atomic E-state index is 13.8. The van der Waals surface area contributed by atoms with Gasteiger partial charge in [0.1, 0.15) is 0 Å². The van der Waals surface area contributed by atoms with Crippen molar-refractivity contribution < 1.29 is 26.7 Å². The highest BCUT2D eigenvalue weighted by molar-refractivity contribution is 5.76. The van der Waals surface area contributed by atoms with Crippen LogP contribution in [0.3, 0.4) is 0 Å². The van der Waals surface area contributed by atoms with Crippen molar-refractivity contribution in [2.75, 3.05) is 13.1 Å². The Kier molecular flexibility index (Phi) is 6.06. The second-order valence-electron chi connectivity index (χ2n) is 6.53. The summed E-state index contributed by atoms with van der Waals surface area (Å²) in [5.41, 5.74) is -1.80. The second kappa shape index (κ2) is 7.70. The Labute approximate surface area is 144 Å². The summed E-state index contributed by atoms with van der Waals surface area (Å²) in [7, 11) is 0. The zero-order valence-corrected chi connectivity index (χ0v) is 14.0. The Morgan fingerprint density at radius 1 is 1.16 bits per heavy atom. The normalized spacial score (nSPS) is 19.1. The van der Waals surface area contributed by atoms with Gasteiger partial charge in [-0.3, -0.25) is 4.79 Å². The number of amides is 1. The minimum atomic E-state index is -4.43. The predicted octanol–water partition coefficient (Wildman–Crippen LogP) is 4.79. The van der Waals surface area contributed by atoms with Gasteiger partial charge in [0.25, 0.3) is 0 Å². The van der Waals surface area contributed by atoms with Crippen molar-refractivity contribution in [2.24, 2.45) is 5.92 Å². The van der Waals surface area contributed by atoms with Gasteiger partial charge < -0.3 is 4.90 Å². The van der Waals surface area contributed by atoms with E-state index >= 15 is 0 Å². The molecular formula is C18H22F5NO. The average molecular weight is 363 g/mol. The van der Waals surface area contributed by atoms with Gasteiger partial charge in [-0.15, -0.1) is 0 Å². The van der Waals surface area contributed by atoms with Gasteiger partial charge >= 0.3 is 6.18 Å². The third-order valence-electron chi connectivity index (χ3n) is 5.16. The van der Waals surface area contributed by atoms with Crippen LogP contribution in [-0.4, -0.2) is 36.5 Å². The number of halogens is 5. The highest BCUT2D eigenvalue weighted by atomic mass is 19.4. The Balaban J connectivity index is 2.11. The van der Waals surface area contributed by atoms with Crippen LogP contribution in [0.4, 0.5) is 22.0 Å². The van der Waals surface area contributed by atoms with E-state index in [1.807, 2.05) is 0 Å². The first-order valence-corrected chi connectivity index (χ1v) is 8.39. The van der Waals surface area contributed by atoms with E-state index in [0.717, 1.165) is 0 Å². The third kappa shape index (κ3) is 4.12. The molecule has 0 aromatic heterocycles. The lowest BCUT2D eigenvalue weighted by Crippen LogP contribution is -2.52. The van der Waals surface area contributed by atoms with E-state index in [-0.39, 0.29) is 44.3 Å². The molecule has 25 heavy (non-hydrogen) atoms. The van der Waals surface area contributed by atoms with Crippen molar-refractivity contribution in [2.45, 2.75) is 50.6 Å². The minimum absolute atomic E-state index is 0.0765. The number of hydrogen-bond donors (Lipinski definition) is 0. The third-order valence-corrected chi connectivity index (χ3v) is 5.16. The number of likely N-dealkylation sites (tertiary alicyclic amines) is 1. The van der Waals surface area contributed by atoms with E-state index in [0.29, 0.717) is 0 Å². The van der Waals surface area contributed by atoms with Crippen LogP contribution in [-0.2, 0) is 10.2 Å². The zero-order valence-electron chi connectivity index (χ0n) is 14.0. The summed E-state index contributed by atoms with van der Waals surface area (Å²) in [4.78, 5) is 13.5. The van der Waals surface area contributed by atoms with Crippen LogP contribution >= 0.6 is 0 Å². The van der Waals surface area contributed by atoms with Crippen LogP contribution in [0, 0.1) is 5.92 Å².